The molecule has 4 nitrogen and oxygen atoms in total. The minimum atomic E-state index is -0.991. The summed E-state index contributed by atoms with van der Waals surface area (Å²) < 4.78 is 5.60. The molecule has 1 N–H and O–H groups in total. The van der Waals surface area contributed by atoms with Crippen molar-refractivity contribution in [3.63, 3.8) is 0 Å². The lowest BCUT2D eigenvalue weighted by molar-refractivity contribution is -0.161. The van der Waals surface area contributed by atoms with E-state index in [1.807, 2.05) is 24.3 Å². The quantitative estimate of drug-likeness (QED) is 0.884. The molecule has 2 aliphatic rings. The van der Waals surface area contributed by atoms with Crippen molar-refractivity contribution in [2.24, 2.45) is 0 Å². The SMILES string of the molecule is O=C(O)C1(N2CCCCC2)COCc2ccccc21. The molecule has 2 aliphatic heterocycles. The number of fused-ring (bicyclic) bond motifs is 1. The number of hydrogen-bond acceptors (Lipinski definition) is 3. The molecule has 0 aliphatic carbocycles. The van der Waals surface area contributed by atoms with E-state index in [-0.39, 0.29) is 6.61 Å². The summed E-state index contributed by atoms with van der Waals surface area (Å²) >= 11 is 0. The van der Waals surface area contributed by atoms with Crippen molar-refractivity contribution in [1.82, 2.24) is 4.90 Å². The third-order valence-corrected chi connectivity index (χ3v) is 4.28. The molecule has 0 saturated carbocycles. The van der Waals surface area contributed by atoms with Crippen LogP contribution in [0.2, 0.25) is 0 Å². The lowest BCUT2D eigenvalue weighted by atomic mass is 9.82. The standard InChI is InChI=1S/C15H19NO3/c17-14(18)15(16-8-4-1-5-9-16)11-19-10-12-6-2-3-7-13(12)15/h2-3,6-7H,1,4-5,8-11H2,(H,17,18). The van der Waals surface area contributed by atoms with E-state index in [0.29, 0.717) is 6.61 Å². The smallest absolute Gasteiger partial charge is 0.331 e. The Morgan fingerprint density at radius 3 is 2.68 bits per heavy atom. The number of likely N-dealkylation sites (tertiary alicyclic amines) is 1. The summed E-state index contributed by atoms with van der Waals surface area (Å²) in [5.74, 6) is -0.790. The highest BCUT2D eigenvalue weighted by Crippen LogP contribution is 2.37. The van der Waals surface area contributed by atoms with Crippen LogP contribution in [-0.2, 0) is 21.7 Å². The molecule has 0 aromatic heterocycles. The monoisotopic (exact) mass is 261 g/mol. The van der Waals surface area contributed by atoms with E-state index in [2.05, 4.69) is 4.90 Å². The number of hydrogen-bond donors (Lipinski definition) is 1. The summed E-state index contributed by atoms with van der Waals surface area (Å²) in [4.78, 5) is 14.1. The molecule has 0 radical (unpaired) electrons. The van der Waals surface area contributed by atoms with Crippen molar-refractivity contribution < 1.29 is 14.6 Å². The highest BCUT2D eigenvalue weighted by molar-refractivity contribution is 5.82. The Morgan fingerprint density at radius 2 is 1.95 bits per heavy atom. The van der Waals surface area contributed by atoms with E-state index in [1.165, 1.54) is 6.42 Å². The van der Waals surface area contributed by atoms with Crippen LogP contribution >= 0.6 is 0 Å². The predicted molar refractivity (Wildman–Crippen MR) is 70.8 cm³/mol. The van der Waals surface area contributed by atoms with E-state index in [1.54, 1.807) is 0 Å². The fourth-order valence-corrected chi connectivity index (χ4v) is 3.29. The zero-order valence-corrected chi connectivity index (χ0v) is 11.0. The molecule has 0 amide bonds. The number of rotatable bonds is 2. The Bertz CT molecular complexity index is 482. The fourth-order valence-electron chi connectivity index (χ4n) is 3.29. The zero-order chi connectivity index (χ0) is 13.3. The third-order valence-electron chi connectivity index (χ3n) is 4.28. The molecule has 0 spiro atoms. The van der Waals surface area contributed by atoms with Crippen LogP contribution in [0.15, 0.2) is 24.3 Å². The average molecular weight is 261 g/mol. The third kappa shape index (κ3) is 1.95. The lowest BCUT2D eigenvalue weighted by Crippen LogP contribution is -2.58. The van der Waals surface area contributed by atoms with Crippen LogP contribution in [0.25, 0.3) is 0 Å². The second-order valence-corrected chi connectivity index (χ2v) is 5.36. The average Bonchev–Trinajstić information content (AvgIpc) is 2.47. The highest BCUT2D eigenvalue weighted by atomic mass is 16.5. The summed E-state index contributed by atoms with van der Waals surface area (Å²) in [6.07, 6.45) is 3.32. The zero-order valence-electron chi connectivity index (χ0n) is 11.0. The summed E-state index contributed by atoms with van der Waals surface area (Å²) in [5.41, 5.74) is 0.923. The van der Waals surface area contributed by atoms with E-state index < -0.39 is 11.5 Å². The first kappa shape index (κ1) is 12.6. The van der Waals surface area contributed by atoms with Crippen LogP contribution in [0.4, 0.5) is 0 Å². The normalized spacial score (nSPS) is 27.8. The summed E-state index contributed by atoms with van der Waals surface area (Å²) in [5, 5.41) is 9.87. The maximum absolute atomic E-state index is 12.0. The van der Waals surface area contributed by atoms with Crippen molar-refractivity contribution in [3.8, 4) is 0 Å². The molecule has 1 atom stereocenters. The molecular weight excluding hydrogens is 242 g/mol. The number of nitrogens with zero attached hydrogens (tertiary/aromatic N) is 1. The molecule has 19 heavy (non-hydrogen) atoms. The van der Waals surface area contributed by atoms with Crippen molar-refractivity contribution in [2.75, 3.05) is 19.7 Å². The van der Waals surface area contributed by atoms with Crippen LogP contribution in [0.5, 0.6) is 0 Å². The summed E-state index contributed by atoms with van der Waals surface area (Å²) in [7, 11) is 0. The maximum atomic E-state index is 12.0. The lowest BCUT2D eigenvalue weighted by Gasteiger charge is -2.45. The molecular formula is C15H19NO3. The number of ether oxygens (including phenoxy) is 1. The Balaban J connectivity index is 2.08. The van der Waals surface area contributed by atoms with Gasteiger partial charge in [-0.05, 0) is 37.1 Å². The number of carboxylic acid groups (broad SMARTS) is 1. The molecule has 1 fully saturated rings. The topological polar surface area (TPSA) is 49.8 Å². The van der Waals surface area contributed by atoms with Gasteiger partial charge < -0.3 is 9.84 Å². The van der Waals surface area contributed by atoms with Gasteiger partial charge in [-0.15, -0.1) is 0 Å². The first-order valence-electron chi connectivity index (χ1n) is 6.90. The molecule has 0 bridgehead atoms. The fraction of sp³-hybridized carbons (Fsp3) is 0.533. The Morgan fingerprint density at radius 1 is 1.21 bits per heavy atom. The molecule has 1 aromatic carbocycles. The second-order valence-electron chi connectivity index (χ2n) is 5.36. The predicted octanol–water partition coefficient (Wildman–Crippen LogP) is 1.98. The van der Waals surface area contributed by atoms with E-state index in [0.717, 1.165) is 37.1 Å². The van der Waals surface area contributed by atoms with Gasteiger partial charge >= 0.3 is 5.97 Å². The minimum Gasteiger partial charge on any atom is -0.480 e. The van der Waals surface area contributed by atoms with Crippen molar-refractivity contribution in [1.29, 1.82) is 0 Å². The molecule has 2 heterocycles. The minimum absolute atomic E-state index is 0.249. The number of aliphatic carboxylic acids is 1. The molecule has 1 aromatic rings. The number of benzene rings is 1. The van der Waals surface area contributed by atoms with Gasteiger partial charge in [0.1, 0.15) is 0 Å². The molecule has 1 saturated heterocycles. The van der Waals surface area contributed by atoms with Crippen molar-refractivity contribution >= 4 is 5.97 Å². The number of piperidine rings is 1. The van der Waals surface area contributed by atoms with Gasteiger partial charge in [-0.25, -0.2) is 4.79 Å². The van der Waals surface area contributed by atoms with Gasteiger partial charge in [-0.1, -0.05) is 30.7 Å². The van der Waals surface area contributed by atoms with Crippen LogP contribution in [-0.4, -0.2) is 35.7 Å². The number of carbonyl (C=O) groups is 1. The molecule has 3 rings (SSSR count). The van der Waals surface area contributed by atoms with Crippen LogP contribution in [0, 0.1) is 0 Å². The van der Waals surface area contributed by atoms with E-state index in [4.69, 9.17) is 4.74 Å². The van der Waals surface area contributed by atoms with Gasteiger partial charge in [0.15, 0.2) is 5.54 Å². The molecule has 1 unspecified atom stereocenters. The van der Waals surface area contributed by atoms with Crippen molar-refractivity contribution in [2.45, 2.75) is 31.4 Å². The molecule has 102 valence electrons. The highest BCUT2D eigenvalue weighted by Gasteiger charge is 2.49. The largest absolute Gasteiger partial charge is 0.480 e. The first-order valence-corrected chi connectivity index (χ1v) is 6.90. The van der Waals surface area contributed by atoms with Crippen molar-refractivity contribution in [3.05, 3.63) is 35.4 Å². The van der Waals surface area contributed by atoms with Gasteiger partial charge in [0, 0.05) is 0 Å². The van der Waals surface area contributed by atoms with Crippen LogP contribution in [0.1, 0.15) is 30.4 Å². The summed E-state index contributed by atoms with van der Waals surface area (Å²) in [6, 6.07) is 7.78. The second kappa shape index (κ2) is 4.94. The Hall–Kier alpha value is -1.39. The van der Waals surface area contributed by atoms with Gasteiger partial charge in [0.2, 0.25) is 0 Å². The van der Waals surface area contributed by atoms with Gasteiger partial charge in [-0.3, -0.25) is 4.90 Å². The Labute approximate surface area is 113 Å². The number of carboxylic acids is 1. The van der Waals surface area contributed by atoms with Gasteiger partial charge in [0.25, 0.3) is 0 Å². The maximum Gasteiger partial charge on any atom is 0.331 e. The first-order chi connectivity index (χ1) is 9.25. The van der Waals surface area contributed by atoms with Gasteiger partial charge in [0.05, 0.1) is 13.2 Å². The van der Waals surface area contributed by atoms with E-state index >= 15 is 0 Å². The Kier molecular flexibility index (Phi) is 3.29. The van der Waals surface area contributed by atoms with E-state index in [9.17, 15) is 9.90 Å². The van der Waals surface area contributed by atoms with Crippen LogP contribution in [0.3, 0.4) is 0 Å². The molecule has 4 heteroatoms. The summed E-state index contributed by atoms with van der Waals surface area (Å²) in [6.45, 7) is 2.44. The van der Waals surface area contributed by atoms with Gasteiger partial charge in [-0.2, -0.15) is 0 Å². The van der Waals surface area contributed by atoms with Crippen LogP contribution < -0.4 is 0 Å².